The van der Waals surface area contributed by atoms with Crippen LogP contribution in [0.3, 0.4) is 0 Å². The van der Waals surface area contributed by atoms with Gasteiger partial charge in [0.25, 0.3) is 0 Å². The first-order chi connectivity index (χ1) is 23.1. The van der Waals surface area contributed by atoms with Crippen LogP contribution in [0.5, 0.6) is 23.0 Å². The summed E-state index contributed by atoms with van der Waals surface area (Å²) in [6.45, 7) is 8.36. The second-order valence-electron chi connectivity index (χ2n) is 11.6. The highest BCUT2D eigenvalue weighted by atomic mass is 16.5. The van der Waals surface area contributed by atoms with Gasteiger partial charge in [-0.15, -0.1) is 0 Å². The number of hydrogen-bond acceptors (Lipinski definition) is 5. The van der Waals surface area contributed by atoms with E-state index >= 15 is 0 Å². The molecule has 0 saturated heterocycles. The van der Waals surface area contributed by atoms with Gasteiger partial charge in [-0.2, -0.15) is 0 Å². The molecule has 0 aliphatic rings. The molecule has 0 N–H and O–H groups in total. The van der Waals surface area contributed by atoms with Gasteiger partial charge in [-0.3, -0.25) is 4.79 Å². The fraction of sp³-hybridized carbons (Fsp3) is 0.310. The number of benzene rings is 4. The van der Waals surface area contributed by atoms with E-state index < -0.39 is 0 Å². The summed E-state index contributed by atoms with van der Waals surface area (Å²) in [5.74, 6) is 3.32. The second-order valence-corrected chi connectivity index (χ2v) is 11.6. The lowest BCUT2D eigenvalue weighted by atomic mass is 10.1. The van der Waals surface area contributed by atoms with E-state index in [1.54, 1.807) is 6.08 Å². The number of ketones is 1. The van der Waals surface area contributed by atoms with Crippen LogP contribution in [-0.2, 0) is 0 Å². The van der Waals surface area contributed by atoms with Gasteiger partial charge in [0.15, 0.2) is 5.78 Å². The molecular weight excluding hydrogens is 584 g/mol. The standard InChI is InChI=1S/C42H48O5/c1-34(2)36-19-23-39(24-20-36)44-30-12-7-5-3-4-6-8-13-31-45-40-25-27-41(28-26-40)47-33-32-46-38-21-16-35(17-22-38)18-29-42(43)37-14-10-9-11-15-37/h9-11,14-29H,1,3-8,12-13,30-33H2,2H3/b29-18+. The molecule has 0 heterocycles. The van der Waals surface area contributed by atoms with Crippen LogP contribution in [-0.4, -0.2) is 32.2 Å². The van der Waals surface area contributed by atoms with Crippen molar-refractivity contribution >= 4 is 17.4 Å². The number of hydrogen-bond donors (Lipinski definition) is 0. The van der Waals surface area contributed by atoms with Crippen LogP contribution in [0.1, 0.15) is 79.8 Å². The van der Waals surface area contributed by atoms with Gasteiger partial charge in [0, 0.05) is 5.56 Å². The molecule has 0 aliphatic carbocycles. The summed E-state index contributed by atoms with van der Waals surface area (Å²) in [5.41, 5.74) is 3.85. The first-order valence-electron chi connectivity index (χ1n) is 16.8. The molecule has 4 aromatic rings. The van der Waals surface area contributed by atoms with Crippen LogP contribution in [0.4, 0.5) is 0 Å². The Morgan fingerprint density at radius 2 is 0.915 bits per heavy atom. The van der Waals surface area contributed by atoms with E-state index in [1.165, 1.54) is 38.5 Å². The third-order valence-electron chi connectivity index (χ3n) is 7.73. The maximum Gasteiger partial charge on any atom is 0.185 e. The van der Waals surface area contributed by atoms with Crippen LogP contribution in [0, 0.1) is 0 Å². The summed E-state index contributed by atoms with van der Waals surface area (Å²) in [6.07, 6.45) is 13.0. The molecule has 0 spiro atoms. The highest BCUT2D eigenvalue weighted by Crippen LogP contribution is 2.20. The first kappa shape index (κ1) is 35.1. The molecule has 0 amide bonds. The first-order valence-corrected chi connectivity index (χ1v) is 16.8. The SMILES string of the molecule is C=C(C)c1ccc(OCCCCCCCCCCOc2ccc(OCCOc3ccc(/C=C/C(=O)c4ccccc4)cc3)cc2)cc1. The van der Waals surface area contributed by atoms with Crippen molar-refractivity contribution in [2.24, 2.45) is 0 Å². The summed E-state index contributed by atoms with van der Waals surface area (Å²) in [6, 6.07) is 32.8. The van der Waals surface area contributed by atoms with Gasteiger partial charge in [-0.05, 0) is 85.5 Å². The van der Waals surface area contributed by atoms with Gasteiger partial charge < -0.3 is 18.9 Å². The van der Waals surface area contributed by atoms with Gasteiger partial charge in [-0.25, -0.2) is 0 Å². The maximum absolute atomic E-state index is 12.2. The van der Waals surface area contributed by atoms with E-state index in [0.29, 0.717) is 18.8 Å². The van der Waals surface area contributed by atoms with E-state index in [0.717, 1.165) is 65.8 Å². The predicted octanol–water partition coefficient (Wildman–Crippen LogP) is 10.7. The topological polar surface area (TPSA) is 54.0 Å². The van der Waals surface area contributed by atoms with E-state index in [4.69, 9.17) is 18.9 Å². The monoisotopic (exact) mass is 632 g/mol. The van der Waals surface area contributed by atoms with Crippen molar-refractivity contribution in [1.82, 2.24) is 0 Å². The van der Waals surface area contributed by atoms with Crippen molar-refractivity contribution in [2.75, 3.05) is 26.4 Å². The zero-order valence-corrected chi connectivity index (χ0v) is 27.7. The fourth-order valence-electron chi connectivity index (χ4n) is 4.98. The van der Waals surface area contributed by atoms with Gasteiger partial charge >= 0.3 is 0 Å². The van der Waals surface area contributed by atoms with E-state index in [2.05, 4.69) is 18.7 Å². The van der Waals surface area contributed by atoms with E-state index in [1.807, 2.05) is 104 Å². The molecule has 0 saturated carbocycles. The maximum atomic E-state index is 12.2. The Kier molecular flexibility index (Phi) is 15.2. The minimum absolute atomic E-state index is 0.0176. The normalized spacial score (nSPS) is 10.9. The lowest BCUT2D eigenvalue weighted by Gasteiger charge is -2.10. The smallest absolute Gasteiger partial charge is 0.185 e. The number of unbranched alkanes of at least 4 members (excludes halogenated alkanes) is 7. The van der Waals surface area contributed by atoms with Crippen LogP contribution >= 0.6 is 0 Å². The number of allylic oxidation sites excluding steroid dienone is 2. The lowest BCUT2D eigenvalue weighted by Crippen LogP contribution is -2.08. The van der Waals surface area contributed by atoms with Crippen LogP contribution in [0.2, 0.25) is 0 Å². The molecule has 4 rings (SSSR count). The Labute approximate surface area is 280 Å². The van der Waals surface area contributed by atoms with Crippen molar-refractivity contribution in [2.45, 2.75) is 58.3 Å². The fourth-order valence-corrected chi connectivity index (χ4v) is 4.98. The summed E-state index contributed by atoms with van der Waals surface area (Å²) in [7, 11) is 0. The third-order valence-corrected chi connectivity index (χ3v) is 7.73. The molecule has 0 unspecified atom stereocenters. The van der Waals surface area contributed by atoms with Crippen molar-refractivity contribution in [3.63, 3.8) is 0 Å². The van der Waals surface area contributed by atoms with Crippen molar-refractivity contribution in [1.29, 1.82) is 0 Å². The molecule has 0 fully saturated rings. The molecule has 5 nitrogen and oxygen atoms in total. The molecule has 0 aromatic heterocycles. The minimum Gasteiger partial charge on any atom is -0.494 e. The molecule has 0 atom stereocenters. The van der Waals surface area contributed by atoms with Crippen molar-refractivity contribution in [3.05, 3.63) is 132 Å². The lowest BCUT2D eigenvalue weighted by molar-refractivity contribution is 0.104. The van der Waals surface area contributed by atoms with Crippen molar-refractivity contribution < 1.29 is 23.7 Å². The van der Waals surface area contributed by atoms with Gasteiger partial charge in [0.1, 0.15) is 36.2 Å². The van der Waals surface area contributed by atoms with Gasteiger partial charge in [-0.1, -0.05) is 111 Å². The summed E-state index contributed by atoms with van der Waals surface area (Å²) in [5, 5.41) is 0. The van der Waals surface area contributed by atoms with E-state index in [9.17, 15) is 4.79 Å². The van der Waals surface area contributed by atoms with E-state index in [-0.39, 0.29) is 5.78 Å². The Bertz CT molecular complexity index is 1490. The zero-order valence-electron chi connectivity index (χ0n) is 27.7. The number of carbonyl (C=O) groups excluding carboxylic acids is 1. The van der Waals surface area contributed by atoms with Gasteiger partial charge in [0.2, 0.25) is 0 Å². The second kappa shape index (κ2) is 20.4. The summed E-state index contributed by atoms with van der Waals surface area (Å²) >= 11 is 0. The molecule has 0 aliphatic heterocycles. The van der Waals surface area contributed by atoms with Crippen LogP contribution < -0.4 is 18.9 Å². The highest BCUT2D eigenvalue weighted by molar-refractivity contribution is 6.06. The Balaban J connectivity index is 0.966. The van der Waals surface area contributed by atoms with Gasteiger partial charge in [0.05, 0.1) is 13.2 Å². The largest absolute Gasteiger partial charge is 0.494 e. The molecule has 246 valence electrons. The predicted molar refractivity (Wildman–Crippen MR) is 193 cm³/mol. The zero-order chi connectivity index (χ0) is 32.9. The molecule has 0 bridgehead atoms. The molecule has 47 heavy (non-hydrogen) atoms. The average Bonchev–Trinajstić information content (AvgIpc) is 3.11. The van der Waals surface area contributed by atoms with Crippen LogP contribution in [0.15, 0.2) is 116 Å². The number of rotatable bonds is 22. The quantitative estimate of drug-likeness (QED) is 0.0490. The number of ether oxygens (including phenoxy) is 4. The average molecular weight is 633 g/mol. The Morgan fingerprint density at radius 3 is 1.38 bits per heavy atom. The Hall–Kier alpha value is -4.77. The summed E-state index contributed by atoms with van der Waals surface area (Å²) < 4.78 is 23.4. The molecule has 0 radical (unpaired) electrons. The summed E-state index contributed by atoms with van der Waals surface area (Å²) in [4.78, 5) is 12.2. The van der Waals surface area contributed by atoms with Crippen molar-refractivity contribution in [3.8, 4) is 23.0 Å². The molecular formula is C42H48O5. The minimum atomic E-state index is -0.0176. The highest BCUT2D eigenvalue weighted by Gasteiger charge is 2.02. The molecule has 5 heteroatoms. The van der Waals surface area contributed by atoms with Crippen LogP contribution in [0.25, 0.3) is 11.6 Å². The Morgan fingerprint density at radius 1 is 0.511 bits per heavy atom. The number of carbonyl (C=O) groups is 1. The molecule has 4 aromatic carbocycles. The third kappa shape index (κ3) is 13.6.